The van der Waals surface area contributed by atoms with E-state index in [4.69, 9.17) is 0 Å². The van der Waals surface area contributed by atoms with Crippen molar-refractivity contribution < 1.29 is 0 Å². The molecule has 2 aromatic heterocycles. The van der Waals surface area contributed by atoms with Crippen LogP contribution in [0.1, 0.15) is 5.56 Å². The number of anilines is 3. The Bertz CT molecular complexity index is 2270. The molecule has 7 aromatic carbocycles. The zero-order valence-electron chi connectivity index (χ0n) is 25.5. The van der Waals surface area contributed by atoms with Crippen LogP contribution in [0.3, 0.4) is 0 Å². The zero-order chi connectivity index (χ0) is 30.6. The minimum absolute atomic E-state index is 1.11. The van der Waals surface area contributed by atoms with Crippen molar-refractivity contribution in [1.82, 2.24) is 9.13 Å². The molecule has 0 fully saturated rings. The molecule has 0 spiro atoms. The second-order valence-corrected chi connectivity index (χ2v) is 11.9. The van der Waals surface area contributed by atoms with Crippen molar-refractivity contribution in [2.24, 2.45) is 0 Å². The molecule has 3 nitrogen and oxygen atoms in total. The minimum Gasteiger partial charge on any atom is -0.310 e. The first-order valence-electron chi connectivity index (χ1n) is 15.8. The number of benzene rings is 7. The summed E-state index contributed by atoms with van der Waals surface area (Å²) in [5.74, 6) is 0. The molecule has 9 rings (SSSR count). The Balaban J connectivity index is 1.16. The summed E-state index contributed by atoms with van der Waals surface area (Å²) in [6, 6.07) is 61.2. The maximum atomic E-state index is 2.37. The van der Waals surface area contributed by atoms with Crippen molar-refractivity contribution >= 4 is 60.7 Å². The lowest BCUT2D eigenvalue weighted by atomic mass is 10.1. The molecule has 0 aliphatic rings. The molecule has 3 heteroatoms. The average molecular weight is 590 g/mol. The summed E-state index contributed by atoms with van der Waals surface area (Å²) in [5, 5.41) is 5.08. The molecule has 0 radical (unpaired) electrons. The quantitative estimate of drug-likeness (QED) is 0.195. The summed E-state index contributed by atoms with van der Waals surface area (Å²) >= 11 is 0. The first-order valence-corrected chi connectivity index (χ1v) is 15.8. The predicted octanol–water partition coefficient (Wildman–Crippen LogP) is 11.7. The van der Waals surface area contributed by atoms with Crippen molar-refractivity contribution in [2.75, 3.05) is 4.90 Å². The van der Waals surface area contributed by atoms with Gasteiger partial charge in [-0.05, 0) is 91.3 Å². The van der Waals surface area contributed by atoms with E-state index in [-0.39, 0.29) is 0 Å². The van der Waals surface area contributed by atoms with Gasteiger partial charge in [0, 0.05) is 50.0 Å². The summed E-state index contributed by atoms with van der Waals surface area (Å²) in [6.45, 7) is 2.18. The first-order chi connectivity index (χ1) is 22.8. The van der Waals surface area contributed by atoms with Crippen LogP contribution >= 0.6 is 0 Å². The number of aromatic nitrogens is 2. The lowest BCUT2D eigenvalue weighted by Gasteiger charge is -2.27. The van der Waals surface area contributed by atoms with E-state index < -0.39 is 0 Å². The molecule has 0 saturated heterocycles. The SMILES string of the molecule is Cc1ccccc1N(c1ccc(-n2c3ccccc3c3ccccc32)cc1)c1ccc(-n2c3ccccc3c3ccccc32)cc1. The molecule has 0 saturated carbocycles. The van der Waals surface area contributed by atoms with Crippen LogP contribution in [-0.2, 0) is 0 Å². The number of rotatable bonds is 5. The lowest BCUT2D eigenvalue weighted by Crippen LogP contribution is -2.11. The van der Waals surface area contributed by atoms with Crippen molar-refractivity contribution in [3.8, 4) is 11.4 Å². The fourth-order valence-corrected chi connectivity index (χ4v) is 7.14. The average Bonchev–Trinajstić information content (AvgIpc) is 3.63. The van der Waals surface area contributed by atoms with E-state index in [0.29, 0.717) is 0 Å². The third-order valence-corrected chi connectivity index (χ3v) is 9.25. The van der Waals surface area contributed by atoms with Gasteiger partial charge in [0.05, 0.1) is 22.1 Å². The normalized spacial score (nSPS) is 11.6. The number of hydrogen-bond acceptors (Lipinski definition) is 1. The summed E-state index contributed by atoms with van der Waals surface area (Å²) < 4.78 is 4.74. The third kappa shape index (κ3) is 4.06. The van der Waals surface area contributed by atoms with Gasteiger partial charge in [0.1, 0.15) is 0 Å². The van der Waals surface area contributed by atoms with E-state index in [1.54, 1.807) is 0 Å². The summed E-state index contributed by atoms with van der Waals surface area (Å²) in [4.78, 5) is 2.36. The van der Waals surface area contributed by atoms with E-state index in [9.17, 15) is 0 Å². The highest BCUT2D eigenvalue weighted by molar-refractivity contribution is 6.10. The largest absolute Gasteiger partial charge is 0.310 e. The number of para-hydroxylation sites is 5. The van der Waals surface area contributed by atoms with Gasteiger partial charge in [-0.3, -0.25) is 0 Å². The van der Waals surface area contributed by atoms with Gasteiger partial charge >= 0.3 is 0 Å². The standard InChI is InChI=1S/C43H31N3/c1-30-12-2-7-17-39(30)44(31-22-26-33(27-23-31)45-40-18-8-3-13-35(40)36-14-4-9-19-41(36)45)32-24-28-34(29-25-32)46-42-20-10-5-15-37(42)38-16-6-11-21-43(38)46/h2-29H,1H3. The van der Waals surface area contributed by atoms with Crippen LogP contribution in [0.2, 0.25) is 0 Å². The predicted molar refractivity (Wildman–Crippen MR) is 195 cm³/mol. The molecule has 0 unspecified atom stereocenters. The monoisotopic (exact) mass is 589 g/mol. The summed E-state index contributed by atoms with van der Waals surface area (Å²) in [7, 11) is 0. The highest BCUT2D eigenvalue weighted by atomic mass is 15.1. The van der Waals surface area contributed by atoms with Crippen LogP contribution in [0.15, 0.2) is 170 Å². The fourth-order valence-electron chi connectivity index (χ4n) is 7.14. The van der Waals surface area contributed by atoms with E-state index in [2.05, 4.69) is 191 Å². The molecule has 0 atom stereocenters. The smallest absolute Gasteiger partial charge is 0.0541 e. The van der Waals surface area contributed by atoms with Crippen LogP contribution in [0, 0.1) is 6.92 Å². The topological polar surface area (TPSA) is 13.1 Å². The Labute approximate surface area is 267 Å². The van der Waals surface area contributed by atoms with Crippen LogP contribution in [0.25, 0.3) is 55.0 Å². The molecule has 0 amide bonds. The van der Waals surface area contributed by atoms with Crippen LogP contribution in [0.5, 0.6) is 0 Å². The van der Waals surface area contributed by atoms with Gasteiger partial charge < -0.3 is 14.0 Å². The van der Waals surface area contributed by atoms with Crippen molar-refractivity contribution in [3.63, 3.8) is 0 Å². The van der Waals surface area contributed by atoms with Crippen LogP contribution in [-0.4, -0.2) is 9.13 Å². The molecular formula is C43H31N3. The number of nitrogens with zero attached hydrogens (tertiary/aromatic N) is 3. The van der Waals surface area contributed by atoms with Crippen molar-refractivity contribution in [3.05, 3.63) is 175 Å². The molecule has 0 aliphatic carbocycles. The van der Waals surface area contributed by atoms with Gasteiger partial charge in [-0.15, -0.1) is 0 Å². The zero-order valence-corrected chi connectivity index (χ0v) is 25.5. The molecule has 0 aliphatic heterocycles. The molecular weight excluding hydrogens is 558 g/mol. The number of fused-ring (bicyclic) bond motifs is 6. The van der Waals surface area contributed by atoms with Gasteiger partial charge in [0.25, 0.3) is 0 Å². The second-order valence-electron chi connectivity index (χ2n) is 11.9. The van der Waals surface area contributed by atoms with Crippen molar-refractivity contribution in [2.45, 2.75) is 6.92 Å². The molecule has 0 N–H and O–H groups in total. The molecule has 9 aromatic rings. The van der Waals surface area contributed by atoms with E-state index >= 15 is 0 Å². The highest BCUT2D eigenvalue weighted by Crippen LogP contribution is 2.39. The Morgan fingerprint density at radius 2 is 0.674 bits per heavy atom. The highest BCUT2D eigenvalue weighted by Gasteiger charge is 2.17. The molecule has 2 heterocycles. The lowest BCUT2D eigenvalue weighted by molar-refractivity contribution is 1.16. The van der Waals surface area contributed by atoms with Gasteiger partial charge in [-0.1, -0.05) is 91.0 Å². The van der Waals surface area contributed by atoms with E-state index in [1.165, 1.54) is 49.2 Å². The van der Waals surface area contributed by atoms with Gasteiger partial charge in [0.15, 0.2) is 0 Å². The molecule has 46 heavy (non-hydrogen) atoms. The molecule has 218 valence electrons. The Morgan fingerprint density at radius 3 is 1.04 bits per heavy atom. The first kappa shape index (κ1) is 26.4. The third-order valence-electron chi connectivity index (χ3n) is 9.25. The summed E-state index contributed by atoms with van der Waals surface area (Å²) in [6.07, 6.45) is 0. The minimum atomic E-state index is 1.11. The Hall–Kier alpha value is -6.06. The van der Waals surface area contributed by atoms with Gasteiger partial charge in [-0.2, -0.15) is 0 Å². The molecule has 0 bridgehead atoms. The van der Waals surface area contributed by atoms with Crippen LogP contribution in [0.4, 0.5) is 17.1 Å². The van der Waals surface area contributed by atoms with Crippen molar-refractivity contribution in [1.29, 1.82) is 0 Å². The maximum absolute atomic E-state index is 2.37. The van der Waals surface area contributed by atoms with E-state index in [1.807, 2.05) is 0 Å². The fraction of sp³-hybridized carbons (Fsp3) is 0.0233. The van der Waals surface area contributed by atoms with Gasteiger partial charge in [-0.25, -0.2) is 0 Å². The summed E-state index contributed by atoms with van der Waals surface area (Å²) in [5.41, 5.74) is 11.8. The number of hydrogen-bond donors (Lipinski definition) is 0. The number of aryl methyl sites for hydroxylation is 1. The Morgan fingerprint density at radius 1 is 0.348 bits per heavy atom. The maximum Gasteiger partial charge on any atom is 0.0541 e. The second kappa shape index (κ2) is 10.5. The van der Waals surface area contributed by atoms with Gasteiger partial charge in [0.2, 0.25) is 0 Å². The van der Waals surface area contributed by atoms with Crippen LogP contribution < -0.4 is 4.90 Å². The van der Waals surface area contributed by atoms with E-state index in [0.717, 1.165) is 28.4 Å². The Kier molecular flexibility index (Phi) is 6.04.